The minimum absolute atomic E-state index is 0.137. The monoisotopic (exact) mass is 352 g/mol. The molecular weight excluding hydrogens is 341 g/mol. The molecule has 0 spiro atoms. The van der Waals surface area contributed by atoms with Gasteiger partial charge in [0.25, 0.3) is 5.69 Å². The first-order valence-electron chi connectivity index (χ1n) is 6.54. The third-order valence-corrected chi connectivity index (χ3v) is 4.01. The van der Waals surface area contributed by atoms with Crippen LogP contribution in [-0.4, -0.2) is 40.2 Å². The van der Waals surface area contributed by atoms with Gasteiger partial charge in [-0.15, -0.1) is 0 Å². The van der Waals surface area contributed by atoms with Gasteiger partial charge >= 0.3 is 12.1 Å². The average molecular weight is 353 g/mol. The smallest absolute Gasteiger partial charge is 0.393 e. The molecular formula is C13H12ClF3N2O4. The number of aliphatic carboxylic acids is 1. The Morgan fingerprint density at radius 3 is 2.57 bits per heavy atom. The molecule has 6 nitrogen and oxygen atoms in total. The van der Waals surface area contributed by atoms with Crippen LogP contribution in [0.5, 0.6) is 0 Å². The normalized spacial score (nSPS) is 22.3. The van der Waals surface area contributed by atoms with Crippen LogP contribution in [0, 0.1) is 22.0 Å². The molecule has 10 heteroatoms. The number of likely N-dealkylation sites (tertiary alicyclic amines) is 1. The zero-order valence-electron chi connectivity index (χ0n) is 11.6. The van der Waals surface area contributed by atoms with E-state index in [1.54, 1.807) is 0 Å². The molecule has 2 rings (SSSR count). The molecule has 2 atom stereocenters. The minimum Gasteiger partial charge on any atom is -0.481 e. The fraction of sp³-hybridized carbons (Fsp3) is 0.462. The van der Waals surface area contributed by atoms with Gasteiger partial charge < -0.3 is 5.11 Å². The number of nitro benzene ring substituents is 1. The van der Waals surface area contributed by atoms with Crippen LogP contribution in [0.15, 0.2) is 18.2 Å². The van der Waals surface area contributed by atoms with Gasteiger partial charge in [0.15, 0.2) is 0 Å². The lowest BCUT2D eigenvalue weighted by Crippen LogP contribution is -2.33. The number of hydrogen-bond acceptors (Lipinski definition) is 4. The highest BCUT2D eigenvalue weighted by Gasteiger charge is 2.52. The second-order valence-electron chi connectivity index (χ2n) is 5.32. The van der Waals surface area contributed by atoms with Gasteiger partial charge in [-0.2, -0.15) is 13.2 Å². The van der Waals surface area contributed by atoms with Crippen LogP contribution in [0.4, 0.5) is 18.9 Å². The fourth-order valence-corrected chi connectivity index (χ4v) is 2.84. The minimum atomic E-state index is -4.64. The van der Waals surface area contributed by atoms with E-state index in [4.69, 9.17) is 16.7 Å². The van der Waals surface area contributed by atoms with E-state index in [9.17, 15) is 28.1 Å². The summed E-state index contributed by atoms with van der Waals surface area (Å²) in [5.74, 6) is -5.10. The molecule has 1 aliphatic rings. The van der Waals surface area contributed by atoms with Crippen molar-refractivity contribution in [2.75, 3.05) is 13.1 Å². The standard InChI is InChI=1S/C13H12ClF3N2O4/c14-8-2-1-7(11(3-8)19(22)23)4-18-5-9(12(20)21)10(6-18)13(15,16)17/h1-3,9-10H,4-6H2,(H,20,21)/t9-,10-/m1/s1. The summed E-state index contributed by atoms with van der Waals surface area (Å²) in [6.07, 6.45) is -4.64. The van der Waals surface area contributed by atoms with Crippen molar-refractivity contribution in [1.29, 1.82) is 0 Å². The number of carboxylic acids is 1. The predicted molar refractivity (Wildman–Crippen MR) is 74.1 cm³/mol. The van der Waals surface area contributed by atoms with E-state index in [1.165, 1.54) is 17.0 Å². The largest absolute Gasteiger partial charge is 0.481 e. The van der Waals surface area contributed by atoms with Crippen LogP contribution >= 0.6 is 11.6 Å². The Kier molecular flexibility index (Phi) is 4.81. The molecule has 0 saturated carbocycles. The van der Waals surface area contributed by atoms with E-state index in [2.05, 4.69) is 0 Å². The number of carbonyl (C=O) groups is 1. The maximum atomic E-state index is 12.9. The third-order valence-electron chi connectivity index (χ3n) is 3.77. The number of halogens is 4. The van der Waals surface area contributed by atoms with Crippen LogP contribution in [0.25, 0.3) is 0 Å². The zero-order valence-corrected chi connectivity index (χ0v) is 12.3. The molecule has 0 aliphatic carbocycles. The third kappa shape index (κ3) is 3.91. The van der Waals surface area contributed by atoms with Gasteiger partial charge in [-0.1, -0.05) is 11.6 Å². The fourth-order valence-electron chi connectivity index (χ4n) is 2.68. The Bertz CT molecular complexity index is 638. The maximum Gasteiger partial charge on any atom is 0.393 e. The molecule has 126 valence electrons. The van der Waals surface area contributed by atoms with E-state index in [-0.39, 0.29) is 29.4 Å². The summed E-state index contributed by atoms with van der Waals surface area (Å²) in [5, 5.41) is 20.1. The van der Waals surface area contributed by atoms with E-state index < -0.39 is 35.4 Å². The first kappa shape index (κ1) is 17.5. The number of carboxylic acid groups (broad SMARTS) is 1. The Hall–Kier alpha value is -1.87. The van der Waals surface area contributed by atoms with Crippen LogP contribution in [0.2, 0.25) is 5.02 Å². The number of alkyl halides is 3. The van der Waals surface area contributed by atoms with Crippen LogP contribution in [0.3, 0.4) is 0 Å². The van der Waals surface area contributed by atoms with Gasteiger partial charge in [0.2, 0.25) is 0 Å². The van der Waals surface area contributed by atoms with Crippen molar-refractivity contribution in [1.82, 2.24) is 4.90 Å². The van der Waals surface area contributed by atoms with Crippen molar-refractivity contribution in [3.8, 4) is 0 Å². The van der Waals surface area contributed by atoms with Crippen LogP contribution in [-0.2, 0) is 11.3 Å². The second kappa shape index (κ2) is 6.32. The molecule has 0 unspecified atom stereocenters. The lowest BCUT2D eigenvalue weighted by Gasteiger charge is -2.18. The zero-order chi connectivity index (χ0) is 17.4. The molecule has 0 bridgehead atoms. The molecule has 0 aromatic heterocycles. The average Bonchev–Trinajstić information content (AvgIpc) is 2.85. The molecule has 0 amide bonds. The summed E-state index contributed by atoms with van der Waals surface area (Å²) < 4.78 is 38.8. The molecule has 1 aromatic carbocycles. The maximum absolute atomic E-state index is 12.9. The van der Waals surface area contributed by atoms with E-state index in [0.717, 1.165) is 6.07 Å². The molecule has 1 fully saturated rings. The first-order chi connectivity index (χ1) is 10.6. The Labute approximate surface area is 133 Å². The van der Waals surface area contributed by atoms with Crippen molar-refractivity contribution >= 4 is 23.3 Å². The molecule has 1 aliphatic heterocycles. The SMILES string of the molecule is O=C(O)[C@@H]1CN(Cc2ccc(Cl)cc2[N+](=O)[O-])C[C@H]1C(F)(F)F. The molecule has 1 aromatic rings. The Balaban J connectivity index is 2.22. The lowest BCUT2D eigenvalue weighted by atomic mass is 9.96. The van der Waals surface area contributed by atoms with Crippen molar-refractivity contribution in [2.45, 2.75) is 12.7 Å². The summed E-state index contributed by atoms with van der Waals surface area (Å²) in [5.41, 5.74) is -0.119. The van der Waals surface area contributed by atoms with E-state index in [0.29, 0.717) is 0 Å². The number of benzene rings is 1. The highest BCUT2D eigenvalue weighted by atomic mass is 35.5. The highest BCUT2D eigenvalue weighted by molar-refractivity contribution is 6.30. The lowest BCUT2D eigenvalue weighted by molar-refractivity contribution is -0.385. The van der Waals surface area contributed by atoms with Crippen molar-refractivity contribution < 1.29 is 28.0 Å². The summed E-state index contributed by atoms with van der Waals surface area (Å²) in [4.78, 5) is 22.6. The van der Waals surface area contributed by atoms with Crippen molar-refractivity contribution in [3.63, 3.8) is 0 Å². The topological polar surface area (TPSA) is 83.7 Å². The van der Waals surface area contributed by atoms with E-state index in [1.807, 2.05) is 0 Å². The van der Waals surface area contributed by atoms with E-state index >= 15 is 0 Å². The summed E-state index contributed by atoms with van der Waals surface area (Å²) in [6.45, 7) is -0.983. The van der Waals surface area contributed by atoms with Crippen LogP contribution < -0.4 is 0 Å². The number of rotatable bonds is 4. The van der Waals surface area contributed by atoms with Crippen molar-refractivity contribution in [2.24, 2.45) is 11.8 Å². The Morgan fingerprint density at radius 2 is 2.09 bits per heavy atom. The number of hydrogen-bond donors (Lipinski definition) is 1. The van der Waals surface area contributed by atoms with Gasteiger partial charge in [-0.05, 0) is 12.1 Å². The van der Waals surface area contributed by atoms with Gasteiger partial charge in [-0.3, -0.25) is 19.8 Å². The number of nitrogens with zero attached hydrogens (tertiary/aromatic N) is 2. The quantitative estimate of drug-likeness (QED) is 0.665. The first-order valence-corrected chi connectivity index (χ1v) is 6.92. The molecule has 23 heavy (non-hydrogen) atoms. The van der Waals surface area contributed by atoms with Gasteiger partial charge in [0.05, 0.1) is 16.8 Å². The van der Waals surface area contributed by atoms with Gasteiger partial charge in [-0.25, -0.2) is 0 Å². The van der Waals surface area contributed by atoms with Gasteiger partial charge in [0, 0.05) is 36.3 Å². The molecule has 0 radical (unpaired) electrons. The summed E-state index contributed by atoms with van der Waals surface area (Å²) >= 11 is 5.68. The Morgan fingerprint density at radius 1 is 1.43 bits per heavy atom. The van der Waals surface area contributed by atoms with Crippen molar-refractivity contribution in [3.05, 3.63) is 38.9 Å². The highest BCUT2D eigenvalue weighted by Crippen LogP contribution is 2.38. The predicted octanol–water partition coefficient (Wildman–Crippen LogP) is 2.94. The molecule has 1 N–H and O–H groups in total. The molecule has 1 saturated heterocycles. The van der Waals surface area contributed by atoms with Gasteiger partial charge in [0.1, 0.15) is 0 Å². The number of nitro groups is 1. The summed E-state index contributed by atoms with van der Waals surface area (Å²) in [6, 6.07) is 3.87. The van der Waals surface area contributed by atoms with Crippen LogP contribution in [0.1, 0.15) is 5.56 Å². The summed E-state index contributed by atoms with van der Waals surface area (Å²) in [7, 11) is 0. The second-order valence-corrected chi connectivity index (χ2v) is 5.75. The molecule has 1 heterocycles.